The van der Waals surface area contributed by atoms with Gasteiger partial charge in [-0.3, -0.25) is 0 Å². The minimum absolute atomic E-state index is 0.515. The van der Waals surface area contributed by atoms with Gasteiger partial charge in [0.1, 0.15) is 0 Å². The topological polar surface area (TPSA) is 64.9 Å². The number of nitrogens with zero attached hydrogens (tertiary/aromatic N) is 2. The summed E-state index contributed by atoms with van der Waals surface area (Å²) < 4.78 is 6.21. The zero-order chi connectivity index (χ0) is 13.8. The number of hydrogen-bond donors (Lipinski definition) is 1. The van der Waals surface area contributed by atoms with E-state index in [1.165, 1.54) is 0 Å². The van der Waals surface area contributed by atoms with E-state index in [1.54, 1.807) is 11.8 Å². The fourth-order valence-electron chi connectivity index (χ4n) is 1.56. The number of halogens is 1. The van der Waals surface area contributed by atoms with Gasteiger partial charge in [-0.1, -0.05) is 34.9 Å². The molecule has 1 aromatic carbocycles. The van der Waals surface area contributed by atoms with Gasteiger partial charge in [-0.2, -0.15) is 4.98 Å². The van der Waals surface area contributed by atoms with Gasteiger partial charge in [0.15, 0.2) is 5.82 Å². The number of hydrogen-bond acceptors (Lipinski definition) is 5. The number of rotatable bonds is 5. The fraction of sp³-hybridized carbons (Fsp3) is 0.385. The zero-order valence-corrected chi connectivity index (χ0v) is 13.3. The third-order valence-electron chi connectivity index (χ3n) is 2.43. The first-order valence-corrected chi connectivity index (χ1v) is 7.81. The second-order valence-electron chi connectivity index (χ2n) is 4.67. The molecule has 0 saturated heterocycles. The number of nitrogens with two attached hydrogens (primary N) is 1. The van der Waals surface area contributed by atoms with Crippen molar-refractivity contribution in [3.63, 3.8) is 0 Å². The van der Waals surface area contributed by atoms with Crippen LogP contribution in [0.2, 0.25) is 0 Å². The summed E-state index contributed by atoms with van der Waals surface area (Å²) >= 11 is 5.04. The SMILES string of the molecule is CC(C)Cc1nc(CSc2cc(Br)ccc2N)no1. The molecule has 0 amide bonds. The predicted molar refractivity (Wildman–Crippen MR) is 81.0 cm³/mol. The highest BCUT2D eigenvalue weighted by molar-refractivity contribution is 9.10. The molecule has 0 fully saturated rings. The lowest BCUT2D eigenvalue weighted by Gasteiger charge is -2.03. The minimum Gasteiger partial charge on any atom is -0.398 e. The molecular weight excluding hydrogens is 326 g/mol. The molecule has 0 radical (unpaired) electrons. The van der Waals surface area contributed by atoms with Crippen molar-refractivity contribution in [3.05, 3.63) is 34.4 Å². The van der Waals surface area contributed by atoms with Crippen LogP contribution < -0.4 is 5.73 Å². The van der Waals surface area contributed by atoms with Gasteiger partial charge in [-0.25, -0.2) is 0 Å². The molecule has 0 aliphatic carbocycles. The van der Waals surface area contributed by atoms with Crippen LogP contribution in [-0.4, -0.2) is 10.1 Å². The van der Waals surface area contributed by atoms with Crippen molar-refractivity contribution in [1.82, 2.24) is 10.1 Å². The second kappa shape index (κ2) is 6.43. The molecule has 0 unspecified atom stereocenters. The van der Waals surface area contributed by atoms with Crippen LogP contribution in [0.5, 0.6) is 0 Å². The van der Waals surface area contributed by atoms with Crippen LogP contribution in [0.4, 0.5) is 5.69 Å². The molecule has 2 rings (SSSR count). The van der Waals surface area contributed by atoms with Crippen molar-refractivity contribution in [1.29, 1.82) is 0 Å². The van der Waals surface area contributed by atoms with E-state index in [1.807, 2.05) is 18.2 Å². The molecule has 102 valence electrons. The Morgan fingerprint density at radius 2 is 2.21 bits per heavy atom. The van der Waals surface area contributed by atoms with Gasteiger partial charge in [0.2, 0.25) is 5.89 Å². The first-order valence-electron chi connectivity index (χ1n) is 6.04. The number of benzene rings is 1. The van der Waals surface area contributed by atoms with E-state index in [4.69, 9.17) is 10.3 Å². The maximum atomic E-state index is 5.92. The molecule has 0 atom stereocenters. The second-order valence-corrected chi connectivity index (χ2v) is 6.61. The van der Waals surface area contributed by atoms with Gasteiger partial charge in [0.05, 0.1) is 5.75 Å². The first-order chi connectivity index (χ1) is 9.04. The number of nitrogen functional groups attached to an aromatic ring is 1. The van der Waals surface area contributed by atoms with Crippen molar-refractivity contribution in [2.24, 2.45) is 5.92 Å². The van der Waals surface area contributed by atoms with E-state index in [0.29, 0.717) is 23.4 Å². The molecular formula is C13H16BrN3OS. The van der Waals surface area contributed by atoms with Crippen LogP contribution in [0.15, 0.2) is 32.1 Å². The number of thioether (sulfide) groups is 1. The van der Waals surface area contributed by atoms with Gasteiger partial charge in [-0.05, 0) is 24.1 Å². The maximum Gasteiger partial charge on any atom is 0.226 e. The summed E-state index contributed by atoms with van der Waals surface area (Å²) in [6.07, 6.45) is 0.816. The molecule has 0 aliphatic rings. The molecule has 0 aliphatic heterocycles. The van der Waals surface area contributed by atoms with Gasteiger partial charge in [0.25, 0.3) is 0 Å². The monoisotopic (exact) mass is 341 g/mol. The van der Waals surface area contributed by atoms with Crippen molar-refractivity contribution < 1.29 is 4.52 Å². The molecule has 2 N–H and O–H groups in total. The first kappa shape index (κ1) is 14.4. The molecule has 1 heterocycles. The molecule has 1 aromatic heterocycles. The summed E-state index contributed by atoms with van der Waals surface area (Å²) in [5.41, 5.74) is 6.68. The fourth-order valence-corrected chi connectivity index (χ4v) is 2.92. The van der Waals surface area contributed by atoms with E-state index < -0.39 is 0 Å². The Morgan fingerprint density at radius 3 is 2.95 bits per heavy atom. The summed E-state index contributed by atoms with van der Waals surface area (Å²) in [5, 5.41) is 3.98. The highest BCUT2D eigenvalue weighted by atomic mass is 79.9. The number of aromatic nitrogens is 2. The standard InChI is InChI=1S/C13H16BrN3OS/c1-8(2)5-13-16-12(17-18-13)7-19-11-6-9(14)3-4-10(11)15/h3-4,6,8H,5,7,15H2,1-2H3. The zero-order valence-electron chi connectivity index (χ0n) is 10.9. The van der Waals surface area contributed by atoms with Crippen LogP contribution in [0.3, 0.4) is 0 Å². The van der Waals surface area contributed by atoms with Crippen LogP contribution in [0.25, 0.3) is 0 Å². The van der Waals surface area contributed by atoms with Crippen LogP contribution in [-0.2, 0) is 12.2 Å². The average Bonchev–Trinajstić information content (AvgIpc) is 2.77. The molecule has 0 saturated carbocycles. The lowest BCUT2D eigenvalue weighted by atomic mass is 10.1. The lowest BCUT2D eigenvalue weighted by Crippen LogP contribution is -1.94. The highest BCUT2D eigenvalue weighted by Gasteiger charge is 2.09. The quantitative estimate of drug-likeness (QED) is 0.659. The summed E-state index contributed by atoms with van der Waals surface area (Å²) in [6.45, 7) is 4.25. The van der Waals surface area contributed by atoms with Crippen molar-refractivity contribution in [3.8, 4) is 0 Å². The highest BCUT2D eigenvalue weighted by Crippen LogP contribution is 2.30. The van der Waals surface area contributed by atoms with Crippen LogP contribution in [0.1, 0.15) is 25.6 Å². The lowest BCUT2D eigenvalue weighted by molar-refractivity contribution is 0.360. The molecule has 0 spiro atoms. The largest absolute Gasteiger partial charge is 0.398 e. The third-order valence-corrected chi connectivity index (χ3v) is 3.99. The van der Waals surface area contributed by atoms with Crippen LogP contribution >= 0.6 is 27.7 Å². The molecule has 4 nitrogen and oxygen atoms in total. The van der Waals surface area contributed by atoms with E-state index >= 15 is 0 Å². The van der Waals surface area contributed by atoms with Gasteiger partial charge in [0, 0.05) is 21.5 Å². The van der Waals surface area contributed by atoms with Crippen molar-refractivity contribution in [2.45, 2.75) is 30.9 Å². The maximum absolute atomic E-state index is 5.92. The molecule has 19 heavy (non-hydrogen) atoms. The Kier molecular flexibility index (Phi) is 4.87. The Morgan fingerprint density at radius 1 is 1.42 bits per heavy atom. The smallest absolute Gasteiger partial charge is 0.226 e. The summed E-state index contributed by atoms with van der Waals surface area (Å²) in [4.78, 5) is 5.38. The van der Waals surface area contributed by atoms with E-state index in [9.17, 15) is 0 Å². The molecule has 2 aromatic rings. The summed E-state index contributed by atoms with van der Waals surface area (Å²) in [7, 11) is 0. The predicted octanol–water partition coefficient (Wildman–Crippen LogP) is 3.91. The Labute approximate surface area is 125 Å². The van der Waals surface area contributed by atoms with Crippen LogP contribution in [0, 0.1) is 5.92 Å². The molecule has 0 bridgehead atoms. The number of anilines is 1. The Balaban J connectivity index is 1.98. The third kappa shape index (κ3) is 4.24. The van der Waals surface area contributed by atoms with Gasteiger partial charge < -0.3 is 10.3 Å². The minimum atomic E-state index is 0.515. The average molecular weight is 342 g/mol. The van der Waals surface area contributed by atoms with Crippen molar-refractivity contribution in [2.75, 3.05) is 5.73 Å². The summed E-state index contributed by atoms with van der Waals surface area (Å²) in [6, 6.07) is 5.80. The van der Waals surface area contributed by atoms with E-state index in [0.717, 1.165) is 21.5 Å². The van der Waals surface area contributed by atoms with E-state index in [-0.39, 0.29) is 0 Å². The molecule has 6 heteroatoms. The normalized spacial score (nSPS) is 11.2. The summed E-state index contributed by atoms with van der Waals surface area (Å²) in [5.74, 6) is 2.58. The van der Waals surface area contributed by atoms with Crippen molar-refractivity contribution >= 4 is 33.4 Å². The van der Waals surface area contributed by atoms with Gasteiger partial charge in [-0.15, -0.1) is 11.8 Å². The Bertz CT molecular complexity index is 557. The van der Waals surface area contributed by atoms with Gasteiger partial charge >= 0.3 is 0 Å². The Hall–Kier alpha value is -1.01. The van der Waals surface area contributed by atoms with E-state index in [2.05, 4.69) is 39.9 Å².